The molecule has 50 heavy (non-hydrogen) atoms. The zero-order valence-corrected chi connectivity index (χ0v) is 29.0. The van der Waals surface area contributed by atoms with Crippen LogP contribution in [0.5, 0.6) is 0 Å². The molecule has 0 fully saturated rings. The van der Waals surface area contributed by atoms with Crippen molar-refractivity contribution in [2.75, 3.05) is 0 Å². The summed E-state index contributed by atoms with van der Waals surface area (Å²) in [5.74, 6) is 0.459. The Morgan fingerprint density at radius 1 is 0.400 bits per heavy atom. The van der Waals surface area contributed by atoms with Gasteiger partial charge < -0.3 is 4.57 Å². The van der Waals surface area contributed by atoms with E-state index >= 15 is 0 Å². The molecule has 240 valence electrons. The average molecular weight is 642 g/mol. The van der Waals surface area contributed by atoms with E-state index in [1.54, 1.807) is 0 Å². The maximum absolute atomic E-state index is 2.53. The van der Waals surface area contributed by atoms with Crippen LogP contribution in [0.15, 0.2) is 158 Å². The number of fused-ring (bicyclic) bond motifs is 7. The molecule has 0 saturated heterocycles. The molecule has 0 amide bonds. The lowest BCUT2D eigenvalue weighted by Gasteiger charge is -2.22. The minimum absolute atomic E-state index is 0.459. The summed E-state index contributed by atoms with van der Waals surface area (Å²) in [7, 11) is 0. The highest BCUT2D eigenvalue weighted by Gasteiger charge is 2.31. The smallest absolute Gasteiger partial charge is 0.0625 e. The molecule has 0 radical (unpaired) electrons. The van der Waals surface area contributed by atoms with Gasteiger partial charge in [-0.2, -0.15) is 0 Å². The molecule has 8 aromatic carbocycles. The monoisotopic (exact) mass is 641 g/mol. The van der Waals surface area contributed by atoms with Crippen LogP contribution in [-0.4, -0.2) is 4.57 Å². The fraction of sp³-hybridized carbons (Fsp3) is 0.102. The molecule has 1 heterocycles. The van der Waals surface area contributed by atoms with Gasteiger partial charge in [-0.1, -0.05) is 173 Å². The van der Waals surface area contributed by atoms with Gasteiger partial charge in [0.2, 0.25) is 0 Å². The Morgan fingerprint density at radius 2 is 0.900 bits per heavy atom. The number of rotatable bonds is 4. The van der Waals surface area contributed by atoms with E-state index in [0.29, 0.717) is 5.92 Å². The Kier molecular flexibility index (Phi) is 7.18. The van der Waals surface area contributed by atoms with Gasteiger partial charge in [0.05, 0.1) is 16.7 Å². The van der Waals surface area contributed by atoms with Crippen LogP contribution in [0.1, 0.15) is 39.2 Å². The highest BCUT2D eigenvalue weighted by molar-refractivity contribution is 6.26. The fourth-order valence-corrected chi connectivity index (χ4v) is 8.48. The van der Waals surface area contributed by atoms with E-state index in [1.807, 2.05) is 13.8 Å². The van der Waals surface area contributed by atoms with Crippen LogP contribution in [0.25, 0.3) is 93.5 Å². The van der Waals surface area contributed by atoms with Crippen LogP contribution in [0, 0.1) is 0 Å². The van der Waals surface area contributed by atoms with Gasteiger partial charge in [-0.25, -0.2) is 0 Å². The second-order valence-corrected chi connectivity index (χ2v) is 13.4. The zero-order chi connectivity index (χ0) is 33.9. The molecule has 9 aromatic rings. The summed E-state index contributed by atoms with van der Waals surface area (Å²) in [4.78, 5) is 0. The molecule has 1 heteroatoms. The van der Waals surface area contributed by atoms with E-state index in [4.69, 9.17) is 0 Å². The maximum Gasteiger partial charge on any atom is 0.0625 e. The third kappa shape index (κ3) is 4.33. The molecule has 0 unspecified atom stereocenters. The van der Waals surface area contributed by atoms with Gasteiger partial charge in [0.1, 0.15) is 0 Å². The maximum atomic E-state index is 2.53. The van der Waals surface area contributed by atoms with Crippen molar-refractivity contribution in [3.05, 3.63) is 163 Å². The first kappa shape index (κ1) is 30.2. The van der Waals surface area contributed by atoms with Crippen LogP contribution in [0.2, 0.25) is 0 Å². The quantitative estimate of drug-likeness (QED) is 0.180. The second kappa shape index (κ2) is 11.9. The van der Waals surface area contributed by atoms with Crippen molar-refractivity contribution in [3.8, 4) is 50.2 Å². The predicted molar refractivity (Wildman–Crippen MR) is 217 cm³/mol. The molecule has 0 aliphatic heterocycles. The van der Waals surface area contributed by atoms with Gasteiger partial charge in [-0.3, -0.25) is 0 Å². The van der Waals surface area contributed by atoms with E-state index in [9.17, 15) is 0 Å². The Morgan fingerprint density at radius 3 is 1.54 bits per heavy atom. The zero-order valence-electron chi connectivity index (χ0n) is 29.0. The molecule has 0 atom stereocenters. The van der Waals surface area contributed by atoms with Gasteiger partial charge in [0.15, 0.2) is 0 Å². The first-order valence-electron chi connectivity index (χ1n) is 18.0. The standard InChI is InChI=1S/C47H33N.C2H6/c1-29(2)33-15-3-4-16-34(33)30-25-27-32(28-26-30)44-37-19-5-6-20-38(37)47(46-40-22-12-14-31-13-11-21-39(43(31)40)45(44)46)48-41-23-9-7-17-35(41)36-18-8-10-24-42(36)48;1-2/h3-29H,1-2H3;1-2H3. The van der Waals surface area contributed by atoms with Crippen molar-refractivity contribution in [3.63, 3.8) is 0 Å². The van der Waals surface area contributed by atoms with Gasteiger partial charge in [-0.15, -0.1) is 0 Å². The summed E-state index contributed by atoms with van der Waals surface area (Å²) >= 11 is 0. The van der Waals surface area contributed by atoms with Crippen molar-refractivity contribution < 1.29 is 0 Å². The molecule has 1 aliphatic rings. The number of aromatic nitrogens is 1. The fourth-order valence-electron chi connectivity index (χ4n) is 8.48. The topological polar surface area (TPSA) is 4.93 Å². The normalized spacial score (nSPS) is 11.8. The van der Waals surface area contributed by atoms with Gasteiger partial charge in [0.25, 0.3) is 0 Å². The molecular weight excluding hydrogens is 603 g/mol. The van der Waals surface area contributed by atoms with Crippen LogP contribution in [0.3, 0.4) is 0 Å². The van der Waals surface area contributed by atoms with Crippen molar-refractivity contribution in [2.45, 2.75) is 33.6 Å². The highest BCUT2D eigenvalue weighted by atomic mass is 15.0. The van der Waals surface area contributed by atoms with Crippen LogP contribution >= 0.6 is 0 Å². The van der Waals surface area contributed by atoms with Gasteiger partial charge in [0, 0.05) is 27.3 Å². The number of hydrogen-bond donors (Lipinski definition) is 0. The van der Waals surface area contributed by atoms with E-state index in [0.717, 1.165) is 0 Å². The second-order valence-electron chi connectivity index (χ2n) is 13.4. The molecule has 0 bridgehead atoms. The van der Waals surface area contributed by atoms with Crippen molar-refractivity contribution in [2.24, 2.45) is 0 Å². The first-order chi connectivity index (χ1) is 24.7. The molecule has 0 saturated carbocycles. The largest absolute Gasteiger partial charge is 0.308 e. The Bertz CT molecular complexity index is 2680. The van der Waals surface area contributed by atoms with E-state index in [-0.39, 0.29) is 0 Å². The van der Waals surface area contributed by atoms with Crippen LogP contribution in [0.4, 0.5) is 0 Å². The van der Waals surface area contributed by atoms with Gasteiger partial charge >= 0.3 is 0 Å². The van der Waals surface area contributed by atoms with E-state index in [2.05, 4.69) is 176 Å². The Labute approximate surface area is 294 Å². The summed E-state index contributed by atoms with van der Waals surface area (Å²) in [6.07, 6.45) is 0. The Hall–Kier alpha value is -5.92. The summed E-state index contributed by atoms with van der Waals surface area (Å²) in [5, 5.41) is 7.72. The molecule has 1 aromatic heterocycles. The molecular formula is C49H39N. The molecule has 0 spiro atoms. The summed E-state index contributed by atoms with van der Waals surface area (Å²) in [5.41, 5.74) is 15.5. The minimum Gasteiger partial charge on any atom is -0.308 e. The third-order valence-electron chi connectivity index (χ3n) is 10.5. The van der Waals surface area contributed by atoms with Crippen molar-refractivity contribution in [1.82, 2.24) is 4.57 Å². The summed E-state index contributed by atoms with van der Waals surface area (Å²) in [6, 6.07) is 58.6. The lowest BCUT2D eigenvalue weighted by Crippen LogP contribution is -2.01. The van der Waals surface area contributed by atoms with E-state index in [1.165, 1.54) is 99.1 Å². The molecule has 10 rings (SSSR count). The lowest BCUT2D eigenvalue weighted by molar-refractivity contribution is 0.869. The molecule has 1 nitrogen and oxygen atoms in total. The van der Waals surface area contributed by atoms with E-state index < -0.39 is 0 Å². The van der Waals surface area contributed by atoms with Crippen molar-refractivity contribution in [1.29, 1.82) is 0 Å². The number of hydrogen-bond acceptors (Lipinski definition) is 0. The van der Waals surface area contributed by atoms with Gasteiger partial charge in [-0.05, 0) is 73.2 Å². The molecule has 1 aliphatic carbocycles. The number of para-hydroxylation sites is 2. The van der Waals surface area contributed by atoms with Crippen LogP contribution < -0.4 is 0 Å². The predicted octanol–water partition coefficient (Wildman–Crippen LogP) is 14.2. The lowest BCUT2D eigenvalue weighted by atomic mass is 9.85. The van der Waals surface area contributed by atoms with Crippen molar-refractivity contribution >= 4 is 43.4 Å². The SMILES string of the molecule is CC.CC(C)c1ccccc1-c1ccc(-c2c3c(c(-n4c5ccccc5c5ccccc54)c4ccccc24)-c2cccc4cccc-3c24)cc1. The van der Waals surface area contributed by atoms with Crippen LogP contribution in [-0.2, 0) is 0 Å². The minimum atomic E-state index is 0.459. The highest BCUT2D eigenvalue weighted by Crippen LogP contribution is 2.57. The number of nitrogens with zero attached hydrogens (tertiary/aromatic N) is 1. The summed E-state index contributed by atoms with van der Waals surface area (Å²) < 4.78 is 2.53. The first-order valence-corrected chi connectivity index (χ1v) is 18.0. The third-order valence-corrected chi connectivity index (χ3v) is 10.5. The number of benzene rings is 8. The average Bonchev–Trinajstić information content (AvgIpc) is 3.69. The Balaban J connectivity index is 0.00000165. The molecule has 0 N–H and O–H groups in total. The summed E-state index contributed by atoms with van der Waals surface area (Å²) in [6.45, 7) is 8.55.